The van der Waals surface area contributed by atoms with E-state index in [1.165, 1.54) is 11.3 Å². The molecule has 0 spiro atoms. The molecule has 3 rings (SSSR count). The van der Waals surface area contributed by atoms with Crippen LogP contribution in [-0.2, 0) is 33.1 Å². The molecule has 11 heteroatoms. The molecule has 194 valence electrons. The van der Waals surface area contributed by atoms with E-state index in [4.69, 9.17) is 33.9 Å². The topological polar surface area (TPSA) is 150 Å². The minimum absolute atomic E-state index is 0.265. The van der Waals surface area contributed by atoms with Crippen molar-refractivity contribution in [1.29, 1.82) is 0 Å². The van der Waals surface area contributed by atoms with Gasteiger partial charge in [0, 0.05) is 10.8 Å². The lowest BCUT2D eigenvalue weighted by Gasteiger charge is -2.07. The van der Waals surface area contributed by atoms with Crippen LogP contribution in [0.4, 0.5) is 0 Å². The highest BCUT2D eigenvalue weighted by atomic mass is 35.5. The SMILES string of the molecule is NC(C(=O)O)c1cccs1.N[C@@H](Cc1ccc(CCl)cc1)C(=O)S.N[C@@H](Cc1ccccc1)C(=O)S. The van der Waals surface area contributed by atoms with E-state index in [2.05, 4.69) is 25.3 Å². The molecule has 0 aliphatic carbocycles. The predicted molar refractivity (Wildman–Crippen MR) is 153 cm³/mol. The molecule has 7 N–H and O–H groups in total. The zero-order chi connectivity index (χ0) is 27.1. The third-order valence-electron chi connectivity index (χ3n) is 4.68. The molecule has 0 amide bonds. The van der Waals surface area contributed by atoms with Crippen LogP contribution in [0.5, 0.6) is 0 Å². The van der Waals surface area contributed by atoms with E-state index in [0.717, 1.165) is 16.7 Å². The average Bonchev–Trinajstić information content (AvgIpc) is 3.40. The van der Waals surface area contributed by atoms with Crippen LogP contribution in [0, 0.1) is 0 Å². The summed E-state index contributed by atoms with van der Waals surface area (Å²) in [6.07, 6.45) is 1.08. The Hall–Kier alpha value is -2.18. The molecule has 0 fully saturated rings. The number of carboxylic acids is 1. The largest absolute Gasteiger partial charge is 0.480 e. The standard InChI is InChI=1S/C10H12ClNOS.C9H11NOS.C6H7NO2S/c11-6-8-3-1-7(2-4-8)5-9(12)10(13)14;10-8(9(11)12)6-7-4-2-1-3-5-7;7-5(6(8)9)4-2-1-3-10-4/h1-4,9H,5-6,12H2,(H,13,14);1-5,8H,6,10H2,(H,11,12);1-3,5H,7H2,(H,8,9)/t9-;8-;/m00./s1. The maximum absolute atomic E-state index is 10.8. The van der Waals surface area contributed by atoms with Crippen molar-refractivity contribution in [2.75, 3.05) is 0 Å². The van der Waals surface area contributed by atoms with Crippen molar-refractivity contribution in [3.8, 4) is 0 Å². The van der Waals surface area contributed by atoms with Crippen molar-refractivity contribution < 1.29 is 19.5 Å². The monoisotopic (exact) mass is 567 g/mol. The highest BCUT2D eigenvalue weighted by Crippen LogP contribution is 2.16. The van der Waals surface area contributed by atoms with Crippen molar-refractivity contribution in [3.63, 3.8) is 0 Å². The molecule has 0 saturated carbocycles. The Morgan fingerprint density at radius 3 is 1.64 bits per heavy atom. The molecule has 3 atom stereocenters. The lowest BCUT2D eigenvalue weighted by atomic mass is 10.1. The van der Waals surface area contributed by atoms with Crippen LogP contribution < -0.4 is 17.2 Å². The number of carbonyl (C=O) groups is 3. The Balaban J connectivity index is 0.000000274. The Bertz CT molecular complexity index is 1070. The van der Waals surface area contributed by atoms with Gasteiger partial charge >= 0.3 is 5.97 Å². The first-order valence-corrected chi connectivity index (χ1v) is 13.0. The summed E-state index contributed by atoms with van der Waals surface area (Å²) in [5, 5.41) is 9.69. The summed E-state index contributed by atoms with van der Waals surface area (Å²) in [5.41, 5.74) is 19.5. The number of hydrogen-bond donors (Lipinski definition) is 6. The van der Waals surface area contributed by atoms with Gasteiger partial charge < -0.3 is 22.3 Å². The van der Waals surface area contributed by atoms with Gasteiger partial charge in [-0.15, -0.1) is 48.2 Å². The summed E-state index contributed by atoms with van der Waals surface area (Å²) < 4.78 is 0. The van der Waals surface area contributed by atoms with Crippen LogP contribution in [0.2, 0.25) is 0 Å². The molecular weight excluding hydrogens is 538 g/mol. The number of carboxylic acid groups (broad SMARTS) is 1. The Morgan fingerprint density at radius 1 is 0.778 bits per heavy atom. The van der Waals surface area contributed by atoms with Crippen LogP contribution in [0.25, 0.3) is 0 Å². The molecule has 36 heavy (non-hydrogen) atoms. The third-order valence-corrected chi connectivity index (χ3v) is 6.61. The Kier molecular flexibility index (Phi) is 15.3. The second-order valence-electron chi connectivity index (χ2n) is 7.56. The fourth-order valence-corrected chi connectivity index (χ4v) is 3.73. The van der Waals surface area contributed by atoms with Gasteiger partial charge in [-0.3, -0.25) is 14.4 Å². The number of halogens is 1. The fourth-order valence-electron chi connectivity index (χ4n) is 2.65. The molecule has 1 heterocycles. The molecule has 0 bridgehead atoms. The zero-order valence-corrected chi connectivity index (χ0v) is 22.7. The highest BCUT2D eigenvalue weighted by Gasteiger charge is 2.14. The third kappa shape index (κ3) is 12.7. The Morgan fingerprint density at radius 2 is 1.25 bits per heavy atom. The summed E-state index contributed by atoms with van der Waals surface area (Å²) in [6.45, 7) is 0. The van der Waals surface area contributed by atoms with Gasteiger partial charge in [-0.05, 0) is 41.0 Å². The molecule has 0 aliphatic rings. The van der Waals surface area contributed by atoms with Crippen LogP contribution in [0.1, 0.15) is 27.6 Å². The summed E-state index contributed by atoms with van der Waals surface area (Å²) in [5.74, 6) is -0.486. The number of rotatable bonds is 9. The van der Waals surface area contributed by atoms with E-state index >= 15 is 0 Å². The fraction of sp³-hybridized carbons (Fsp3) is 0.240. The van der Waals surface area contributed by atoms with Gasteiger partial charge in [-0.2, -0.15) is 0 Å². The molecule has 0 saturated heterocycles. The summed E-state index contributed by atoms with van der Waals surface area (Å²) >= 11 is 14.3. The summed E-state index contributed by atoms with van der Waals surface area (Å²) in [6, 6.07) is 19.0. The minimum Gasteiger partial charge on any atom is -0.480 e. The van der Waals surface area contributed by atoms with Gasteiger partial charge in [0.25, 0.3) is 0 Å². The lowest BCUT2D eigenvalue weighted by Crippen LogP contribution is -2.29. The summed E-state index contributed by atoms with van der Waals surface area (Å²) in [4.78, 5) is 32.4. The highest BCUT2D eigenvalue weighted by molar-refractivity contribution is 7.97. The first kappa shape index (κ1) is 31.8. The number of benzene rings is 2. The van der Waals surface area contributed by atoms with E-state index in [1.807, 2.05) is 54.6 Å². The van der Waals surface area contributed by atoms with Gasteiger partial charge in [-0.1, -0.05) is 60.7 Å². The van der Waals surface area contributed by atoms with Crippen molar-refractivity contribution in [2.45, 2.75) is 36.8 Å². The second kappa shape index (κ2) is 17.3. The number of carbonyl (C=O) groups excluding carboxylic acids is 2. The quantitative estimate of drug-likeness (QED) is 0.171. The van der Waals surface area contributed by atoms with Crippen LogP contribution in [-0.4, -0.2) is 33.4 Å². The van der Waals surface area contributed by atoms with Crippen LogP contribution in [0.3, 0.4) is 0 Å². The van der Waals surface area contributed by atoms with Crippen molar-refractivity contribution >= 4 is 64.4 Å². The van der Waals surface area contributed by atoms with Crippen LogP contribution in [0.15, 0.2) is 72.1 Å². The normalized spacial score (nSPS) is 12.6. The van der Waals surface area contributed by atoms with Crippen molar-refractivity contribution in [3.05, 3.63) is 93.7 Å². The molecule has 1 unspecified atom stereocenters. The van der Waals surface area contributed by atoms with Crippen molar-refractivity contribution in [2.24, 2.45) is 17.2 Å². The smallest absolute Gasteiger partial charge is 0.325 e. The van der Waals surface area contributed by atoms with Gasteiger partial charge in [0.1, 0.15) is 6.04 Å². The first-order valence-electron chi connectivity index (χ1n) is 10.7. The van der Waals surface area contributed by atoms with Gasteiger partial charge in [-0.25, -0.2) is 0 Å². The van der Waals surface area contributed by atoms with E-state index in [1.54, 1.807) is 17.5 Å². The maximum Gasteiger partial charge on any atom is 0.325 e. The number of aliphatic carboxylic acids is 1. The molecule has 0 radical (unpaired) electrons. The van der Waals surface area contributed by atoms with Crippen LogP contribution >= 0.6 is 48.2 Å². The van der Waals surface area contributed by atoms with Gasteiger partial charge in [0.05, 0.1) is 12.1 Å². The average molecular weight is 568 g/mol. The zero-order valence-electron chi connectivity index (χ0n) is 19.4. The lowest BCUT2D eigenvalue weighted by molar-refractivity contribution is -0.138. The minimum atomic E-state index is -0.984. The van der Waals surface area contributed by atoms with Gasteiger partial charge in [0.15, 0.2) is 0 Å². The second-order valence-corrected chi connectivity index (χ2v) is 9.69. The van der Waals surface area contributed by atoms with E-state index < -0.39 is 24.1 Å². The van der Waals surface area contributed by atoms with Gasteiger partial charge in [0.2, 0.25) is 10.2 Å². The molecule has 2 aromatic carbocycles. The van der Waals surface area contributed by atoms with E-state index in [9.17, 15) is 14.4 Å². The molecule has 7 nitrogen and oxygen atoms in total. The van der Waals surface area contributed by atoms with E-state index in [-0.39, 0.29) is 10.2 Å². The number of thiophene rings is 1. The number of nitrogens with two attached hydrogens (primary N) is 3. The summed E-state index contributed by atoms with van der Waals surface area (Å²) in [7, 11) is 0. The molecular formula is C25H30ClN3O4S3. The molecule has 0 aliphatic heterocycles. The molecule has 3 aromatic rings. The predicted octanol–water partition coefficient (Wildman–Crippen LogP) is 3.60. The van der Waals surface area contributed by atoms with Crippen molar-refractivity contribution in [1.82, 2.24) is 0 Å². The Labute approximate surface area is 230 Å². The number of alkyl halides is 1. The van der Waals surface area contributed by atoms with E-state index in [0.29, 0.717) is 23.6 Å². The number of thiol groups is 2. The number of hydrogen-bond acceptors (Lipinski definition) is 7. The maximum atomic E-state index is 10.8. The first-order chi connectivity index (χ1) is 17.0. The molecule has 1 aromatic heterocycles.